The Bertz CT molecular complexity index is 1100. The molecule has 12 heteroatoms. The van der Waals surface area contributed by atoms with E-state index in [1.165, 1.54) is 40.0 Å². The van der Waals surface area contributed by atoms with Gasteiger partial charge in [0.15, 0.2) is 17.2 Å². The van der Waals surface area contributed by atoms with Gasteiger partial charge < -0.3 is 10.1 Å². The topological polar surface area (TPSA) is 118 Å². The number of sulfonamides is 1. The lowest BCUT2D eigenvalue weighted by molar-refractivity contribution is -0.131. The van der Waals surface area contributed by atoms with E-state index < -0.39 is 21.6 Å². The molecule has 0 aromatic carbocycles. The molecule has 0 atom stereocenters. The molecule has 0 spiro atoms. The van der Waals surface area contributed by atoms with Crippen LogP contribution in [0.4, 0.5) is 21.8 Å². The molecule has 2 aliphatic rings. The first-order valence-electron chi connectivity index (χ1n) is 9.78. The third-order valence-electron chi connectivity index (χ3n) is 5.26. The summed E-state index contributed by atoms with van der Waals surface area (Å²) in [7, 11) is -3.21. The summed E-state index contributed by atoms with van der Waals surface area (Å²) < 4.78 is 43.9. The van der Waals surface area contributed by atoms with Crippen molar-refractivity contribution in [3.63, 3.8) is 0 Å². The minimum Gasteiger partial charge on any atom is -0.472 e. The molecular formula is C19H23FN6O4S. The maximum atomic E-state index is 13.3. The largest absolute Gasteiger partial charge is 0.472 e. The normalized spacial score (nSPS) is 19.6. The molecule has 0 bridgehead atoms. The number of rotatable bonds is 4. The minimum atomic E-state index is -3.21. The number of anilines is 3. The van der Waals surface area contributed by atoms with Crippen molar-refractivity contribution in [1.82, 2.24) is 19.3 Å². The molecule has 4 rings (SSSR count). The van der Waals surface area contributed by atoms with Crippen molar-refractivity contribution in [3.8, 4) is 5.75 Å². The van der Waals surface area contributed by atoms with Crippen LogP contribution < -0.4 is 15.0 Å². The first-order valence-corrected chi connectivity index (χ1v) is 11.6. The van der Waals surface area contributed by atoms with Crippen LogP contribution >= 0.6 is 0 Å². The SMILES string of the molecule is CC1(C)Oc2cnc(NC3CCN(S(C)(=O)=O)CC3)nc2N(c2ccc(F)nc2)C1=O. The highest BCUT2D eigenvalue weighted by atomic mass is 32.2. The number of carbonyl (C=O) groups is 1. The van der Waals surface area contributed by atoms with Crippen LogP contribution in [0.1, 0.15) is 26.7 Å². The number of halogens is 1. The molecule has 0 radical (unpaired) electrons. The van der Waals surface area contributed by atoms with Crippen LogP contribution in [0, 0.1) is 5.95 Å². The molecule has 10 nitrogen and oxygen atoms in total. The fourth-order valence-corrected chi connectivity index (χ4v) is 4.48. The molecule has 1 N–H and O–H groups in total. The van der Waals surface area contributed by atoms with Gasteiger partial charge in [-0.1, -0.05) is 0 Å². The molecule has 0 saturated carbocycles. The van der Waals surface area contributed by atoms with Crippen LogP contribution in [0.25, 0.3) is 0 Å². The Morgan fingerprint density at radius 3 is 2.52 bits per heavy atom. The lowest BCUT2D eigenvalue weighted by atomic mass is 10.1. The van der Waals surface area contributed by atoms with Crippen LogP contribution in [-0.2, 0) is 14.8 Å². The maximum absolute atomic E-state index is 13.3. The molecule has 2 aliphatic heterocycles. The van der Waals surface area contributed by atoms with Gasteiger partial charge in [-0.05, 0) is 38.8 Å². The van der Waals surface area contributed by atoms with E-state index in [2.05, 4.69) is 20.3 Å². The zero-order valence-electron chi connectivity index (χ0n) is 17.4. The molecule has 1 fully saturated rings. The molecular weight excluding hydrogens is 427 g/mol. The summed E-state index contributed by atoms with van der Waals surface area (Å²) in [5.74, 6) is -0.211. The summed E-state index contributed by atoms with van der Waals surface area (Å²) in [6, 6.07) is 2.59. The average Bonchev–Trinajstić information content (AvgIpc) is 2.70. The van der Waals surface area contributed by atoms with E-state index in [4.69, 9.17) is 4.74 Å². The number of nitrogens with zero attached hydrogens (tertiary/aromatic N) is 5. The predicted molar refractivity (Wildman–Crippen MR) is 111 cm³/mol. The van der Waals surface area contributed by atoms with Gasteiger partial charge in [-0.15, -0.1) is 0 Å². The van der Waals surface area contributed by atoms with Crippen molar-refractivity contribution >= 4 is 33.4 Å². The molecule has 31 heavy (non-hydrogen) atoms. The average molecular weight is 450 g/mol. The van der Waals surface area contributed by atoms with Gasteiger partial charge in [-0.2, -0.15) is 9.37 Å². The second-order valence-corrected chi connectivity index (χ2v) is 10.0. The van der Waals surface area contributed by atoms with Crippen LogP contribution in [0.3, 0.4) is 0 Å². The first-order chi connectivity index (χ1) is 14.5. The molecule has 1 saturated heterocycles. The quantitative estimate of drug-likeness (QED) is 0.699. The summed E-state index contributed by atoms with van der Waals surface area (Å²) in [4.78, 5) is 26.8. The minimum absolute atomic E-state index is 0.0198. The molecule has 2 aromatic rings. The zero-order valence-corrected chi connectivity index (χ0v) is 18.2. The van der Waals surface area contributed by atoms with E-state index in [9.17, 15) is 17.6 Å². The van der Waals surface area contributed by atoms with E-state index in [0.29, 0.717) is 37.4 Å². The third-order valence-corrected chi connectivity index (χ3v) is 6.56. The van der Waals surface area contributed by atoms with Crippen molar-refractivity contribution in [2.24, 2.45) is 0 Å². The van der Waals surface area contributed by atoms with Gasteiger partial charge in [0.1, 0.15) is 0 Å². The number of fused-ring (bicyclic) bond motifs is 1. The van der Waals surface area contributed by atoms with E-state index in [-0.39, 0.29) is 23.7 Å². The van der Waals surface area contributed by atoms with Crippen molar-refractivity contribution in [2.75, 3.05) is 29.6 Å². The van der Waals surface area contributed by atoms with Crippen molar-refractivity contribution in [3.05, 3.63) is 30.5 Å². The van der Waals surface area contributed by atoms with E-state index in [1.54, 1.807) is 13.8 Å². The van der Waals surface area contributed by atoms with Crippen LogP contribution in [0.5, 0.6) is 5.75 Å². The first kappa shape index (κ1) is 21.4. The fraction of sp³-hybridized carbons (Fsp3) is 0.474. The summed E-state index contributed by atoms with van der Waals surface area (Å²) in [6.45, 7) is 4.07. The fourth-order valence-electron chi connectivity index (χ4n) is 3.60. The zero-order chi connectivity index (χ0) is 22.4. The smallest absolute Gasteiger partial charge is 0.276 e. The number of nitrogens with one attached hydrogen (secondary N) is 1. The van der Waals surface area contributed by atoms with Crippen molar-refractivity contribution < 1.29 is 22.3 Å². The predicted octanol–water partition coefficient (Wildman–Crippen LogP) is 1.68. The number of piperidine rings is 1. The number of amides is 1. The Labute approximate surface area is 179 Å². The second-order valence-electron chi connectivity index (χ2n) is 8.05. The van der Waals surface area contributed by atoms with Gasteiger partial charge in [0.05, 0.1) is 24.3 Å². The highest BCUT2D eigenvalue weighted by Crippen LogP contribution is 2.40. The number of carbonyl (C=O) groups excluding carboxylic acids is 1. The van der Waals surface area contributed by atoms with Crippen LogP contribution in [0.15, 0.2) is 24.5 Å². The second kappa shape index (κ2) is 7.68. The number of hydrogen-bond acceptors (Lipinski definition) is 8. The summed E-state index contributed by atoms with van der Waals surface area (Å²) in [6.07, 6.45) is 5.14. The Hall–Kier alpha value is -2.86. The van der Waals surface area contributed by atoms with Gasteiger partial charge in [-0.3, -0.25) is 9.69 Å². The van der Waals surface area contributed by atoms with Gasteiger partial charge in [0.2, 0.25) is 21.9 Å². The summed E-state index contributed by atoms with van der Waals surface area (Å²) >= 11 is 0. The van der Waals surface area contributed by atoms with Gasteiger partial charge in [-0.25, -0.2) is 22.7 Å². The van der Waals surface area contributed by atoms with Gasteiger partial charge >= 0.3 is 0 Å². The molecule has 0 aliphatic carbocycles. The Balaban J connectivity index is 1.60. The monoisotopic (exact) mass is 450 g/mol. The Kier molecular flexibility index (Phi) is 5.30. The summed E-state index contributed by atoms with van der Waals surface area (Å²) in [5, 5.41) is 3.21. The van der Waals surface area contributed by atoms with E-state index in [0.717, 1.165) is 0 Å². The lowest BCUT2D eigenvalue weighted by Gasteiger charge is -2.37. The standard InChI is InChI=1S/C19H23FN6O4S/c1-19(2)17(27)26(13-4-5-15(20)21-10-13)16-14(30-19)11-22-18(24-16)23-12-6-8-25(9-7-12)31(3,28)29/h4-5,10-12H,6-9H2,1-3H3,(H,22,23,24). The maximum Gasteiger partial charge on any atom is 0.276 e. The summed E-state index contributed by atoms with van der Waals surface area (Å²) in [5.41, 5.74) is -0.812. The number of aromatic nitrogens is 3. The van der Waals surface area contributed by atoms with Gasteiger partial charge in [0.25, 0.3) is 5.91 Å². The van der Waals surface area contributed by atoms with E-state index >= 15 is 0 Å². The number of pyridine rings is 1. The Morgan fingerprint density at radius 1 is 1.19 bits per heavy atom. The molecule has 166 valence electrons. The molecule has 4 heterocycles. The lowest BCUT2D eigenvalue weighted by Crippen LogP contribution is -2.51. The Morgan fingerprint density at radius 2 is 1.90 bits per heavy atom. The molecule has 1 amide bonds. The highest BCUT2D eigenvalue weighted by Gasteiger charge is 2.43. The molecule has 2 aromatic heterocycles. The molecule has 0 unspecified atom stereocenters. The number of hydrogen-bond donors (Lipinski definition) is 1. The van der Waals surface area contributed by atoms with Crippen molar-refractivity contribution in [2.45, 2.75) is 38.3 Å². The van der Waals surface area contributed by atoms with Gasteiger partial charge in [0, 0.05) is 19.1 Å². The van der Waals surface area contributed by atoms with Crippen LogP contribution in [-0.4, -0.2) is 64.6 Å². The third kappa shape index (κ3) is 4.30. The van der Waals surface area contributed by atoms with Crippen LogP contribution in [0.2, 0.25) is 0 Å². The highest BCUT2D eigenvalue weighted by molar-refractivity contribution is 7.88. The van der Waals surface area contributed by atoms with E-state index in [1.807, 2.05) is 0 Å². The number of ether oxygens (including phenoxy) is 1. The van der Waals surface area contributed by atoms with Crippen molar-refractivity contribution in [1.29, 1.82) is 0 Å².